The van der Waals surface area contributed by atoms with E-state index in [1.807, 2.05) is 71.1 Å². The Morgan fingerprint density at radius 3 is 2.49 bits per heavy atom. The number of thiazole rings is 1. The summed E-state index contributed by atoms with van der Waals surface area (Å²) in [4.78, 5) is 17.7. The van der Waals surface area contributed by atoms with E-state index in [2.05, 4.69) is 20.2 Å². The zero-order valence-electron chi connectivity index (χ0n) is 24.0. The summed E-state index contributed by atoms with van der Waals surface area (Å²) in [7, 11) is -3.85. The van der Waals surface area contributed by atoms with Crippen LogP contribution in [0.25, 0.3) is 32.5 Å². The Morgan fingerprint density at radius 1 is 1.07 bits per heavy atom. The number of alkyl carbamates (subject to hydrolysis) is 1. The second kappa shape index (κ2) is 11.5. The predicted molar refractivity (Wildman–Crippen MR) is 162 cm³/mol. The number of nitrogens with one attached hydrogen (secondary N) is 3. The van der Waals surface area contributed by atoms with E-state index in [9.17, 15) is 13.2 Å². The lowest BCUT2D eigenvalue weighted by atomic mass is 9.86. The minimum atomic E-state index is -3.85. The van der Waals surface area contributed by atoms with Gasteiger partial charge in [0.2, 0.25) is 10.0 Å². The number of carbonyl (C=O) groups excluding carboxylic acids is 1. The van der Waals surface area contributed by atoms with Crippen LogP contribution in [0.1, 0.15) is 71.2 Å². The summed E-state index contributed by atoms with van der Waals surface area (Å²) in [6, 6.07) is 11.5. The maximum atomic E-state index is 13.7. The van der Waals surface area contributed by atoms with Gasteiger partial charge in [-0.15, -0.1) is 11.3 Å². The molecule has 9 nitrogen and oxygen atoms in total. The number of ether oxygens (including phenoxy) is 1. The molecule has 41 heavy (non-hydrogen) atoms. The summed E-state index contributed by atoms with van der Waals surface area (Å²) in [5.41, 5.74) is 2.47. The lowest BCUT2D eigenvalue weighted by molar-refractivity contribution is 0.109. The highest BCUT2D eigenvalue weighted by Gasteiger charge is 2.29. The summed E-state index contributed by atoms with van der Waals surface area (Å²) in [5, 5.41) is 12.1. The molecule has 2 heterocycles. The third kappa shape index (κ3) is 6.97. The quantitative estimate of drug-likeness (QED) is 0.221. The molecular weight excluding hydrogens is 558 g/mol. The van der Waals surface area contributed by atoms with Crippen LogP contribution >= 0.6 is 11.3 Å². The minimum absolute atomic E-state index is 0.0883. The first-order valence-electron chi connectivity index (χ1n) is 13.9. The zero-order valence-corrected chi connectivity index (χ0v) is 25.7. The molecule has 5 rings (SSSR count). The van der Waals surface area contributed by atoms with E-state index < -0.39 is 15.6 Å². The average Bonchev–Trinajstić information content (AvgIpc) is 3.56. The summed E-state index contributed by atoms with van der Waals surface area (Å²) in [6.45, 7) is 9.16. The molecule has 0 saturated heterocycles. The molecule has 1 saturated carbocycles. The van der Waals surface area contributed by atoms with Gasteiger partial charge in [0.1, 0.15) is 0 Å². The first-order chi connectivity index (χ1) is 19.4. The molecule has 0 bridgehead atoms. The van der Waals surface area contributed by atoms with Gasteiger partial charge in [0, 0.05) is 40.8 Å². The fourth-order valence-corrected chi connectivity index (χ4v) is 8.06. The van der Waals surface area contributed by atoms with Crippen LogP contribution in [0.5, 0.6) is 0 Å². The van der Waals surface area contributed by atoms with Crippen LogP contribution in [0.15, 0.2) is 53.7 Å². The molecule has 1 fully saturated rings. The molecule has 0 aliphatic heterocycles. The minimum Gasteiger partial charge on any atom is -0.447 e. The van der Waals surface area contributed by atoms with Crippen molar-refractivity contribution < 1.29 is 17.9 Å². The first-order valence-corrected chi connectivity index (χ1v) is 16.2. The van der Waals surface area contributed by atoms with E-state index in [0.29, 0.717) is 5.56 Å². The van der Waals surface area contributed by atoms with Gasteiger partial charge < -0.3 is 10.1 Å². The molecule has 11 heteroatoms. The largest absolute Gasteiger partial charge is 0.447 e. The van der Waals surface area contributed by atoms with Crippen molar-refractivity contribution in [1.29, 1.82) is 0 Å². The van der Waals surface area contributed by atoms with Crippen molar-refractivity contribution in [3.05, 3.63) is 53.8 Å². The van der Waals surface area contributed by atoms with Crippen LogP contribution in [0.2, 0.25) is 0 Å². The van der Waals surface area contributed by atoms with Crippen LogP contribution < -0.4 is 10.0 Å². The molecule has 1 aliphatic carbocycles. The second-order valence-electron chi connectivity index (χ2n) is 11.9. The zero-order chi connectivity index (χ0) is 29.4. The standard InChI is InChI=1S/C30H37N5O4S2/c1-18(2)39-29(36)33-23-11-8-19(9-12-23)28-31-17-26(40-28)24-13-10-21(15-27(24)41(37,38)35-30(3,4)5)20-6-7-22-16-32-34-25(22)14-20/h6-7,10,13-19,23,35H,8-9,11-12H2,1-5H3,(H,32,34)(H,33,36)/t19-,23-. The number of carbonyl (C=O) groups is 1. The lowest BCUT2D eigenvalue weighted by Crippen LogP contribution is -2.40. The number of hydrogen-bond acceptors (Lipinski definition) is 7. The van der Waals surface area contributed by atoms with Crippen molar-refractivity contribution in [2.75, 3.05) is 0 Å². The van der Waals surface area contributed by atoms with Gasteiger partial charge in [-0.2, -0.15) is 5.10 Å². The fourth-order valence-electron chi connectivity index (χ4n) is 5.20. The molecule has 1 amide bonds. The lowest BCUT2D eigenvalue weighted by Gasteiger charge is -2.28. The highest BCUT2D eigenvalue weighted by Crippen LogP contribution is 2.40. The van der Waals surface area contributed by atoms with E-state index in [1.54, 1.807) is 12.3 Å². The van der Waals surface area contributed by atoms with E-state index in [0.717, 1.165) is 57.6 Å². The number of fused-ring (bicyclic) bond motifs is 1. The van der Waals surface area contributed by atoms with Crippen LogP contribution in [0.4, 0.5) is 4.79 Å². The highest BCUT2D eigenvalue weighted by molar-refractivity contribution is 7.89. The van der Waals surface area contributed by atoms with Gasteiger partial charge in [0.25, 0.3) is 0 Å². The highest BCUT2D eigenvalue weighted by atomic mass is 32.2. The second-order valence-corrected chi connectivity index (χ2v) is 14.6. The van der Waals surface area contributed by atoms with E-state index in [1.165, 1.54) is 11.3 Å². The van der Waals surface area contributed by atoms with Gasteiger partial charge in [0.05, 0.1) is 26.4 Å². The van der Waals surface area contributed by atoms with Crippen molar-refractivity contribution in [2.45, 2.75) is 88.8 Å². The molecule has 4 aromatic rings. The maximum absolute atomic E-state index is 13.7. The fraction of sp³-hybridized carbons (Fsp3) is 0.433. The topological polar surface area (TPSA) is 126 Å². The van der Waals surface area contributed by atoms with Crippen molar-refractivity contribution >= 4 is 38.4 Å². The Balaban J connectivity index is 1.42. The molecular formula is C30H37N5O4S2. The number of hydrogen-bond donors (Lipinski definition) is 3. The van der Waals surface area contributed by atoms with E-state index >= 15 is 0 Å². The average molecular weight is 596 g/mol. The third-order valence-electron chi connectivity index (χ3n) is 7.01. The van der Waals surface area contributed by atoms with Gasteiger partial charge in [0.15, 0.2) is 0 Å². The maximum Gasteiger partial charge on any atom is 0.407 e. The Hall–Kier alpha value is -3.28. The number of sulfonamides is 1. The normalized spacial score (nSPS) is 18.1. The van der Waals surface area contributed by atoms with E-state index in [-0.39, 0.29) is 29.1 Å². The first kappa shape index (κ1) is 29.2. The number of H-pyrrole nitrogens is 1. The number of rotatable bonds is 7. The monoisotopic (exact) mass is 595 g/mol. The molecule has 0 atom stereocenters. The molecule has 0 radical (unpaired) electrons. The van der Waals surface area contributed by atoms with Crippen LogP contribution in [0.3, 0.4) is 0 Å². The molecule has 1 aliphatic rings. The summed E-state index contributed by atoms with van der Waals surface area (Å²) >= 11 is 1.54. The smallest absolute Gasteiger partial charge is 0.407 e. The van der Waals surface area contributed by atoms with Gasteiger partial charge in [-0.3, -0.25) is 5.10 Å². The Bertz CT molecular complexity index is 1640. The van der Waals surface area contributed by atoms with Gasteiger partial charge in [-0.25, -0.2) is 22.9 Å². The van der Waals surface area contributed by atoms with Crippen molar-refractivity contribution in [3.63, 3.8) is 0 Å². The van der Waals surface area contributed by atoms with Crippen LogP contribution in [-0.2, 0) is 14.8 Å². The Kier molecular flexibility index (Phi) is 8.22. The Morgan fingerprint density at radius 2 is 1.78 bits per heavy atom. The SMILES string of the molecule is CC(C)OC(=O)N[C@H]1CC[C@H](c2ncc(-c3ccc(-c4ccc5c[nH]nc5c4)cc3S(=O)(=O)NC(C)(C)C)s2)CC1. The molecule has 0 unspecified atom stereocenters. The molecule has 0 spiro atoms. The van der Waals surface area contributed by atoms with Gasteiger partial charge in [-0.05, 0) is 83.6 Å². The number of aromatic nitrogens is 3. The number of nitrogens with zero attached hydrogens (tertiary/aromatic N) is 2. The summed E-state index contributed by atoms with van der Waals surface area (Å²) in [5.74, 6) is 0.264. The van der Waals surface area contributed by atoms with Crippen LogP contribution in [-0.4, -0.2) is 47.4 Å². The summed E-state index contributed by atoms with van der Waals surface area (Å²) < 4.78 is 35.5. The van der Waals surface area contributed by atoms with Crippen molar-refractivity contribution in [2.24, 2.45) is 0 Å². The Labute approximate surface area is 245 Å². The van der Waals surface area contributed by atoms with Gasteiger partial charge in [-0.1, -0.05) is 24.3 Å². The van der Waals surface area contributed by atoms with Gasteiger partial charge >= 0.3 is 6.09 Å². The van der Waals surface area contributed by atoms with E-state index in [4.69, 9.17) is 9.72 Å². The van der Waals surface area contributed by atoms with Crippen molar-refractivity contribution in [3.8, 4) is 21.6 Å². The molecule has 218 valence electrons. The molecule has 2 aromatic heterocycles. The van der Waals surface area contributed by atoms with Crippen LogP contribution in [0, 0.1) is 0 Å². The predicted octanol–water partition coefficient (Wildman–Crippen LogP) is 6.59. The number of amides is 1. The molecule has 2 aromatic carbocycles. The molecule has 3 N–H and O–H groups in total. The van der Waals surface area contributed by atoms with Crippen molar-refractivity contribution in [1.82, 2.24) is 25.2 Å². The number of aromatic amines is 1. The third-order valence-corrected chi connectivity index (χ3v) is 10.0. The number of benzene rings is 2. The summed E-state index contributed by atoms with van der Waals surface area (Å²) in [6.07, 6.45) is 6.57.